The van der Waals surface area contributed by atoms with Gasteiger partial charge in [0.1, 0.15) is 0 Å². The van der Waals surface area contributed by atoms with Crippen molar-refractivity contribution in [2.24, 2.45) is 5.10 Å². The van der Waals surface area contributed by atoms with Gasteiger partial charge in [-0.15, -0.1) is 0 Å². The molecule has 0 aliphatic carbocycles. The van der Waals surface area contributed by atoms with E-state index in [0.717, 1.165) is 16.7 Å². The van der Waals surface area contributed by atoms with Crippen molar-refractivity contribution in [1.29, 1.82) is 0 Å². The molecular formula is C23H21N3O2. The topological polar surface area (TPSA) is 70.6 Å². The summed E-state index contributed by atoms with van der Waals surface area (Å²) in [5.74, 6) is -0.514. The maximum Gasteiger partial charge on any atom is 0.271 e. The number of aryl methyl sites for hydroxylation is 2. The highest BCUT2D eigenvalue weighted by Gasteiger charge is 2.07. The van der Waals surface area contributed by atoms with Crippen LogP contribution in [-0.4, -0.2) is 18.0 Å². The largest absolute Gasteiger partial charge is 0.322 e. The summed E-state index contributed by atoms with van der Waals surface area (Å²) < 4.78 is 0. The molecule has 0 saturated heterocycles. The van der Waals surface area contributed by atoms with Crippen molar-refractivity contribution in [3.8, 4) is 0 Å². The molecule has 3 aromatic rings. The number of benzene rings is 3. The molecule has 2 N–H and O–H groups in total. The van der Waals surface area contributed by atoms with Crippen LogP contribution in [0.5, 0.6) is 0 Å². The van der Waals surface area contributed by atoms with Crippen LogP contribution in [0.3, 0.4) is 0 Å². The number of amides is 2. The Hall–Kier alpha value is -3.73. The summed E-state index contributed by atoms with van der Waals surface area (Å²) in [5, 5.41) is 6.78. The van der Waals surface area contributed by atoms with Gasteiger partial charge in [-0.05, 0) is 55.8 Å². The van der Waals surface area contributed by atoms with Crippen molar-refractivity contribution in [2.75, 3.05) is 5.32 Å². The summed E-state index contributed by atoms with van der Waals surface area (Å²) in [6.45, 7) is 3.98. The summed E-state index contributed by atoms with van der Waals surface area (Å²) in [4.78, 5) is 24.4. The highest BCUT2D eigenvalue weighted by molar-refractivity contribution is 6.04. The quantitative estimate of drug-likeness (QED) is 0.518. The van der Waals surface area contributed by atoms with E-state index in [1.807, 2.05) is 50.2 Å². The van der Waals surface area contributed by atoms with Gasteiger partial charge in [-0.25, -0.2) is 5.43 Å². The minimum atomic E-state index is -0.320. The molecule has 0 aliphatic heterocycles. The maximum absolute atomic E-state index is 12.2. The Kier molecular flexibility index (Phi) is 5.97. The highest BCUT2D eigenvalue weighted by Crippen LogP contribution is 2.12. The van der Waals surface area contributed by atoms with Gasteiger partial charge in [-0.3, -0.25) is 9.59 Å². The van der Waals surface area contributed by atoms with Crippen molar-refractivity contribution in [1.82, 2.24) is 5.43 Å². The molecule has 0 bridgehead atoms. The van der Waals surface area contributed by atoms with Gasteiger partial charge >= 0.3 is 0 Å². The number of carbonyl (C=O) groups is 2. The van der Waals surface area contributed by atoms with Crippen LogP contribution < -0.4 is 10.7 Å². The fourth-order valence-corrected chi connectivity index (χ4v) is 2.50. The molecule has 3 rings (SSSR count). The predicted molar refractivity (Wildman–Crippen MR) is 112 cm³/mol. The van der Waals surface area contributed by atoms with E-state index in [2.05, 4.69) is 15.8 Å². The monoisotopic (exact) mass is 371 g/mol. The summed E-state index contributed by atoms with van der Waals surface area (Å²) in [7, 11) is 0. The Bertz CT molecular complexity index is 990. The summed E-state index contributed by atoms with van der Waals surface area (Å²) in [6.07, 6.45) is 1.59. The van der Waals surface area contributed by atoms with Crippen LogP contribution in [0.15, 0.2) is 77.9 Å². The second-order valence-corrected chi connectivity index (χ2v) is 6.51. The van der Waals surface area contributed by atoms with E-state index in [4.69, 9.17) is 0 Å². The van der Waals surface area contributed by atoms with E-state index in [9.17, 15) is 9.59 Å². The van der Waals surface area contributed by atoms with Gasteiger partial charge < -0.3 is 5.32 Å². The van der Waals surface area contributed by atoms with Crippen LogP contribution in [0.4, 0.5) is 5.69 Å². The average Bonchev–Trinajstić information content (AvgIpc) is 2.70. The van der Waals surface area contributed by atoms with Gasteiger partial charge in [0.15, 0.2) is 0 Å². The van der Waals surface area contributed by atoms with E-state index in [-0.39, 0.29) is 11.8 Å². The molecule has 0 unspecified atom stereocenters. The number of anilines is 1. The summed E-state index contributed by atoms with van der Waals surface area (Å²) in [6, 6.07) is 21.8. The minimum Gasteiger partial charge on any atom is -0.322 e. The summed E-state index contributed by atoms with van der Waals surface area (Å²) >= 11 is 0. The lowest BCUT2D eigenvalue weighted by molar-refractivity contribution is 0.0954. The molecule has 0 spiro atoms. The Morgan fingerprint density at radius 1 is 0.714 bits per heavy atom. The van der Waals surface area contributed by atoms with E-state index in [1.54, 1.807) is 42.6 Å². The molecule has 3 aromatic carbocycles. The van der Waals surface area contributed by atoms with Crippen molar-refractivity contribution < 1.29 is 9.59 Å². The number of hydrogen-bond donors (Lipinski definition) is 2. The maximum atomic E-state index is 12.2. The molecule has 2 amide bonds. The molecule has 28 heavy (non-hydrogen) atoms. The third-order valence-electron chi connectivity index (χ3n) is 4.18. The predicted octanol–water partition coefficient (Wildman–Crippen LogP) is 4.32. The molecule has 0 fully saturated rings. The van der Waals surface area contributed by atoms with Gasteiger partial charge in [0.25, 0.3) is 11.8 Å². The Labute approximate surface area is 164 Å². The molecule has 0 aliphatic rings. The smallest absolute Gasteiger partial charge is 0.271 e. The second-order valence-electron chi connectivity index (χ2n) is 6.51. The van der Waals surface area contributed by atoms with Gasteiger partial charge in [-0.2, -0.15) is 5.10 Å². The molecule has 0 heterocycles. The normalized spacial score (nSPS) is 10.6. The molecule has 0 aromatic heterocycles. The lowest BCUT2D eigenvalue weighted by Gasteiger charge is -2.06. The number of rotatable bonds is 5. The van der Waals surface area contributed by atoms with Crippen LogP contribution in [0.2, 0.25) is 0 Å². The molecule has 5 heteroatoms. The number of nitrogens with zero attached hydrogens (tertiary/aromatic N) is 1. The summed E-state index contributed by atoms with van der Waals surface area (Å²) in [5.41, 5.74) is 7.31. The minimum absolute atomic E-state index is 0.195. The van der Waals surface area contributed by atoms with E-state index >= 15 is 0 Å². The fraction of sp³-hybridized carbons (Fsp3) is 0.0870. The van der Waals surface area contributed by atoms with Crippen LogP contribution in [0.1, 0.15) is 37.4 Å². The third-order valence-corrected chi connectivity index (χ3v) is 4.18. The van der Waals surface area contributed by atoms with Gasteiger partial charge in [0, 0.05) is 16.8 Å². The molecule has 5 nitrogen and oxygen atoms in total. The molecule has 0 radical (unpaired) electrons. The lowest BCUT2D eigenvalue weighted by Crippen LogP contribution is -2.17. The average molecular weight is 371 g/mol. The van der Waals surface area contributed by atoms with Crippen molar-refractivity contribution in [3.05, 3.63) is 101 Å². The lowest BCUT2D eigenvalue weighted by atomic mass is 10.1. The van der Waals surface area contributed by atoms with Gasteiger partial charge in [0.2, 0.25) is 0 Å². The number of carbonyl (C=O) groups excluding carboxylic acids is 2. The zero-order valence-electron chi connectivity index (χ0n) is 15.8. The van der Waals surface area contributed by atoms with Crippen LogP contribution in [-0.2, 0) is 0 Å². The Morgan fingerprint density at radius 3 is 1.82 bits per heavy atom. The first-order valence-electron chi connectivity index (χ1n) is 8.89. The molecule has 0 saturated carbocycles. The van der Waals surface area contributed by atoms with Crippen molar-refractivity contribution in [2.45, 2.75) is 13.8 Å². The molecule has 140 valence electrons. The molecular weight excluding hydrogens is 350 g/mol. The standard InChI is InChI=1S/C23H21N3O2/c1-16-3-7-18(8-4-16)15-24-26-23(28)20-11-13-21(14-12-20)25-22(27)19-9-5-17(2)6-10-19/h3-15H,1-2H3,(H,25,27)(H,26,28)/b24-15-. The number of nitrogens with one attached hydrogen (secondary N) is 2. The van der Waals surface area contributed by atoms with Crippen LogP contribution in [0, 0.1) is 13.8 Å². The highest BCUT2D eigenvalue weighted by atomic mass is 16.2. The van der Waals surface area contributed by atoms with E-state index in [1.165, 1.54) is 0 Å². The first-order valence-corrected chi connectivity index (χ1v) is 8.89. The number of hydrazone groups is 1. The Morgan fingerprint density at radius 2 is 1.21 bits per heavy atom. The third kappa shape index (κ3) is 5.14. The first kappa shape index (κ1) is 19.0. The van der Waals surface area contributed by atoms with Gasteiger partial charge in [0.05, 0.1) is 6.21 Å². The van der Waals surface area contributed by atoms with Crippen LogP contribution in [0.25, 0.3) is 0 Å². The zero-order valence-corrected chi connectivity index (χ0v) is 15.8. The van der Waals surface area contributed by atoms with Crippen molar-refractivity contribution >= 4 is 23.7 Å². The number of hydrogen-bond acceptors (Lipinski definition) is 3. The van der Waals surface area contributed by atoms with Crippen molar-refractivity contribution in [3.63, 3.8) is 0 Å². The zero-order chi connectivity index (χ0) is 19.9. The van der Waals surface area contributed by atoms with E-state index < -0.39 is 0 Å². The SMILES string of the molecule is Cc1ccc(/C=N\NC(=O)c2ccc(NC(=O)c3ccc(C)cc3)cc2)cc1. The fourth-order valence-electron chi connectivity index (χ4n) is 2.50. The first-order chi connectivity index (χ1) is 13.5. The van der Waals surface area contributed by atoms with E-state index in [0.29, 0.717) is 16.8 Å². The second kappa shape index (κ2) is 8.77. The van der Waals surface area contributed by atoms with Gasteiger partial charge in [-0.1, -0.05) is 47.5 Å². The molecule has 0 atom stereocenters. The Balaban J connectivity index is 1.57. The van der Waals surface area contributed by atoms with Crippen LogP contribution >= 0.6 is 0 Å².